The van der Waals surface area contributed by atoms with Crippen LogP contribution in [0.15, 0.2) is 60.7 Å². The number of esters is 2. The molecular formula is C23H25NO8. The largest absolute Gasteiger partial charge is 0.459 e. The third-order valence-corrected chi connectivity index (χ3v) is 4.92. The first-order valence-corrected chi connectivity index (χ1v) is 10.0. The molecule has 2 N–H and O–H groups in total. The Labute approximate surface area is 185 Å². The molecule has 0 aromatic heterocycles. The van der Waals surface area contributed by atoms with E-state index in [1.165, 1.54) is 14.0 Å². The third kappa shape index (κ3) is 5.70. The molecule has 2 aromatic rings. The van der Waals surface area contributed by atoms with Crippen molar-refractivity contribution in [3.8, 4) is 0 Å². The maximum absolute atomic E-state index is 12.6. The monoisotopic (exact) mass is 443 g/mol. The minimum atomic E-state index is -1.41. The third-order valence-electron chi connectivity index (χ3n) is 4.92. The van der Waals surface area contributed by atoms with Gasteiger partial charge in [0.2, 0.25) is 5.91 Å². The van der Waals surface area contributed by atoms with Gasteiger partial charge in [0, 0.05) is 14.0 Å². The second-order valence-corrected chi connectivity index (χ2v) is 7.20. The van der Waals surface area contributed by atoms with Crippen LogP contribution in [0.1, 0.15) is 27.6 Å². The van der Waals surface area contributed by atoms with Gasteiger partial charge in [-0.25, -0.2) is 9.59 Å². The molecule has 1 fully saturated rings. The average Bonchev–Trinajstić information content (AvgIpc) is 2.81. The van der Waals surface area contributed by atoms with E-state index in [1.54, 1.807) is 60.7 Å². The van der Waals surface area contributed by atoms with Gasteiger partial charge < -0.3 is 29.4 Å². The van der Waals surface area contributed by atoms with Crippen LogP contribution in [0.2, 0.25) is 0 Å². The smallest absolute Gasteiger partial charge is 0.338 e. The van der Waals surface area contributed by atoms with Crippen LogP contribution in [-0.4, -0.2) is 67.3 Å². The second-order valence-electron chi connectivity index (χ2n) is 7.20. The molecule has 0 radical (unpaired) electrons. The first-order chi connectivity index (χ1) is 15.4. The molecule has 0 bridgehead atoms. The highest BCUT2D eigenvalue weighted by Gasteiger charge is 2.48. The van der Waals surface area contributed by atoms with Crippen LogP contribution in [0.3, 0.4) is 0 Å². The molecule has 0 saturated carbocycles. The number of nitrogens with one attached hydrogen (secondary N) is 1. The van der Waals surface area contributed by atoms with Crippen LogP contribution in [0, 0.1) is 0 Å². The number of benzene rings is 2. The summed E-state index contributed by atoms with van der Waals surface area (Å²) in [5.74, 6) is -1.72. The van der Waals surface area contributed by atoms with Crippen molar-refractivity contribution in [1.82, 2.24) is 5.32 Å². The van der Waals surface area contributed by atoms with Crippen LogP contribution >= 0.6 is 0 Å². The maximum Gasteiger partial charge on any atom is 0.338 e. The Morgan fingerprint density at radius 3 is 2.06 bits per heavy atom. The van der Waals surface area contributed by atoms with Crippen molar-refractivity contribution >= 4 is 17.8 Å². The molecule has 0 unspecified atom stereocenters. The fourth-order valence-corrected chi connectivity index (χ4v) is 3.37. The number of aliphatic hydroxyl groups excluding tert-OH is 1. The van der Waals surface area contributed by atoms with E-state index >= 15 is 0 Å². The summed E-state index contributed by atoms with van der Waals surface area (Å²) in [5.41, 5.74) is 0.609. The van der Waals surface area contributed by atoms with Crippen LogP contribution < -0.4 is 5.32 Å². The topological polar surface area (TPSA) is 120 Å². The lowest BCUT2D eigenvalue weighted by Gasteiger charge is -2.43. The van der Waals surface area contributed by atoms with Gasteiger partial charge in [0.15, 0.2) is 12.4 Å². The van der Waals surface area contributed by atoms with Gasteiger partial charge >= 0.3 is 11.9 Å². The SMILES string of the molecule is CO[C@H]1O[C@H](COC(=O)c2ccccc2)[C@H](O)[C@H](OC(=O)c2ccccc2)[C@H]1NC(C)=O. The highest BCUT2D eigenvalue weighted by Crippen LogP contribution is 2.26. The zero-order valence-corrected chi connectivity index (χ0v) is 17.7. The summed E-state index contributed by atoms with van der Waals surface area (Å²) < 4.78 is 21.9. The number of carbonyl (C=O) groups excluding carboxylic acids is 3. The van der Waals surface area contributed by atoms with Crippen molar-refractivity contribution in [2.75, 3.05) is 13.7 Å². The molecule has 1 aliphatic heterocycles. The van der Waals surface area contributed by atoms with Crippen LogP contribution in [0.25, 0.3) is 0 Å². The predicted molar refractivity (Wildman–Crippen MR) is 112 cm³/mol. The summed E-state index contributed by atoms with van der Waals surface area (Å²) in [4.78, 5) is 36.6. The van der Waals surface area contributed by atoms with Gasteiger partial charge in [-0.3, -0.25) is 4.79 Å². The van der Waals surface area contributed by atoms with Gasteiger partial charge in [-0.15, -0.1) is 0 Å². The van der Waals surface area contributed by atoms with Gasteiger partial charge in [0.05, 0.1) is 11.1 Å². The zero-order chi connectivity index (χ0) is 23.1. The quantitative estimate of drug-likeness (QED) is 0.615. The van der Waals surface area contributed by atoms with Gasteiger partial charge in [-0.1, -0.05) is 36.4 Å². The Bertz CT molecular complexity index is 920. The van der Waals surface area contributed by atoms with Gasteiger partial charge in [0.25, 0.3) is 0 Å². The number of methoxy groups -OCH3 is 1. The highest BCUT2D eigenvalue weighted by atomic mass is 16.7. The van der Waals surface area contributed by atoms with E-state index < -0.39 is 48.5 Å². The summed E-state index contributed by atoms with van der Waals surface area (Å²) in [7, 11) is 1.35. The first kappa shape index (κ1) is 23.4. The summed E-state index contributed by atoms with van der Waals surface area (Å²) in [6, 6.07) is 15.6. The number of ether oxygens (including phenoxy) is 4. The lowest BCUT2D eigenvalue weighted by atomic mass is 9.96. The normalized spacial score (nSPS) is 24.9. The number of aliphatic hydroxyl groups is 1. The highest BCUT2D eigenvalue weighted by molar-refractivity contribution is 5.90. The van der Waals surface area contributed by atoms with Crippen LogP contribution in [-0.2, 0) is 23.7 Å². The van der Waals surface area contributed by atoms with Crippen molar-refractivity contribution in [3.05, 3.63) is 71.8 Å². The van der Waals surface area contributed by atoms with E-state index in [0.717, 1.165) is 0 Å². The Morgan fingerprint density at radius 2 is 1.53 bits per heavy atom. The van der Waals surface area contributed by atoms with E-state index in [2.05, 4.69) is 5.32 Å². The maximum atomic E-state index is 12.6. The van der Waals surface area contributed by atoms with E-state index in [4.69, 9.17) is 18.9 Å². The zero-order valence-electron chi connectivity index (χ0n) is 17.7. The van der Waals surface area contributed by atoms with Gasteiger partial charge in [-0.2, -0.15) is 0 Å². The Kier molecular flexibility index (Phi) is 7.93. The van der Waals surface area contributed by atoms with Crippen LogP contribution in [0.4, 0.5) is 0 Å². The summed E-state index contributed by atoms with van der Waals surface area (Å²) >= 11 is 0. The molecule has 0 aliphatic carbocycles. The summed E-state index contributed by atoms with van der Waals surface area (Å²) in [5, 5.41) is 13.5. The molecule has 9 nitrogen and oxygen atoms in total. The minimum Gasteiger partial charge on any atom is -0.459 e. The van der Waals surface area contributed by atoms with E-state index in [9.17, 15) is 19.5 Å². The Morgan fingerprint density at radius 1 is 0.969 bits per heavy atom. The molecule has 32 heavy (non-hydrogen) atoms. The van der Waals surface area contributed by atoms with Crippen molar-refractivity contribution in [2.24, 2.45) is 0 Å². The standard InChI is InChI=1S/C23H25NO8/c1-14(25)24-18-20(32-22(28)16-11-7-4-8-12-16)19(26)17(31-23(18)29-2)13-30-21(27)15-9-5-3-6-10-15/h3-12,17-20,23,26H,13H2,1-2H3,(H,24,25)/t17-,18-,19+,20-,23+/m1/s1. The van der Waals surface area contributed by atoms with Crippen molar-refractivity contribution in [3.63, 3.8) is 0 Å². The summed E-state index contributed by atoms with van der Waals surface area (Å²) in [6.45, 7) is 0.962. The molecule has 1 aliphatic rings. The molecule has 3 rings (SSSR count). The lowest BCUT2D eigenvalue weighted by molar-refractivity contribution is -0.262. The van der Waals surface area contributed by atoms with Crippen molar-refractivity contribution in [2.45, 2.75) is 37.6 Å². The van der Waals surface area contributed by atoms with Crippen molar-refractivity contribution in [1.29, 1.82) is 0 Å². The van der Waals surface area contributed by atoms with Crippen molar-refractivity contribution < 1.29 is 38.4 Å². The minimum absolute atomic E-state index is 0.272. The molecule has 0 spiro atoms. The average molecular weight is 443 g/mol. The number of hydrogen-bond acceptors (Lipinski definition) is 8. The number of rotatable bonds is 7. The molecule has 9 heteroatoms. The molecule has 2 aromatic carbocycles. The molecule has 170 valence electrons. The number of amides is 1. The first-order valence-electron chi connectivity index (χ1n) is 10.0. The predicted octanol–water partition coefficient (Wildman–Crippen LogP) is 1.31. The van der Waals surface area contributed by atoms with Gasteiger partial charge in [-0.05, 0) is 24.3 Å². The van der Waals surface area contributed by atoms with E-state index in [0.29, 0.717) is 5.56 Å². The summed E-state index contributed by atoms with van der Waals surface area (Å²) in [6.07, 6.45) is -4.75. The van der Waals surface area contributed by atoms with Gasteiger partial charge in [0.1, 0.15) is 24.9 Å². The number of hydrogen-bond donors (Lipinski definition) is 2. The Hall–Kier alpha value is -3.27. The molecule has 5 atom stereocenters. The Balaban J connectivity index is 1.77. The molecular weight excluding hydrogens is 418 g/mol. The fraction of sp³-hybridized carbons (Fsp3) is 0.348. The lowest BCUT2D eigenvalue weighted by Crippen LogP contribution is -2.65. The fourth-order valence-electron chi connectivity index (χ4n) is 3.37. The molecule has 1 heterocycles. The molecule has 1 amide bonds. The van der Waals surface area contributed by atoms with E-state index in [-0.39, 0.29) is 12.2 Å². The van der Waals surface area contributed by atoms with E-state index in [1.807, 2.05) is 0 Å². The number of carbonyl (C=O) groups is 3. The van der Waals surface area contributed by atoms with Crippen LogP contribution in [0.5, 0.6) is 0 Å². The second kappa shape index (κ2) is 10.9. The molecule has 1 saturated heterocycles.